The maximum absolute atomic E-state index is 5.44. The molecule has 5 nitrogen and oxygen atoms in total. The SMILES string of the molecule is COCc1cc(COC)cc(-c2ccc(-c3cc(C)c(-c4ccc(N(c5ccccc5)c5ccccc5)cc4)s3)c3nsnc23)c1. The molecule has 7 aromatic rings. The van der Waals surface area contributed by atoms with Gasteiger partial charge < -0.3 is 14.4 Å². The van der Waals surface area contributed by atoms with Crippen molar-refractivity contribution in [1.29, 1.82) is 0 Å². The highest BCUT2D eigenvalue weighted by Crippen LogP contribution is 2.43. The zero-order chi connectivity index (χ0) is 31.5. The number of aryl methyl sites for hydroxylation is 1. The normalized spacial score (nSPS) is 11.3. The summed E-state index contributed by atoms with van der Waals surface area (Å²) in [6.07, 6.45) is 0. The topological polar surface area (TPSA) is 47.5 Å². The average molecular weight is 640 g/mol. The lowest BCUT2D eigenvalue weighted by molar-refractivity contribution is 0.180. The highest BCUT2D eigenvalue weighted by molar-refractivity contribution is 7.19. The lowest BCUT2D eigenvalue weighted by atomic mass is 9.97. The predicted molar refractivity (Wildman–Crippen MR) is 192 cm³/mol. The van der Waals surface area contributed by atoms with E-state index in [1.807, 2.05) is 0 Å². The lowest BCUT2D eigenvalue weighted by Crippen LogP contribution is -2.09. The maximum Gasteiger partial charge on any atom is 0.114 e. The molecule has 0 N–H and O–H groups in total. The molecule has 0 aliphatic rings. The van der Waals surface area contributed by atoms with Crippen LogP contribution >= 0.6 is 23.1 Å². The summed E-state index contributed by atoms with van der Waals surface area (Å²) in [4.78, 5) is 4.72. The molecule has 7 heteroatoms. The second-order valence-corrected chi connectivity index (χ2v) is 12.8. The summed E-state index contributed by atoms with van der Waals surface area (Å²) >= 11 is 3.06. The van der Waals surface area contributed by atoms with Crippen LogP contribution in [0.15, 0.2) is 121 Å². The van der Waals surface area contributed by atoms with E-state index in [-0.39, 0.29) is 0 Å². The van der Waals surface area contributed by atoms with Crippen molar-refractivity contribution in [2.75, 3.05) is 19.1 Å². The number of thiophene rings is 1. The molecular formula is C39H33N3O2S2. The first-order chi connectivity index (χ1) is 22.6. The molecule has 0 amide bonds. The standard InChI is InChI=1S/C39H33N3O2S2/c1-26-20-36(35-19-18-34(37-38(35)41-46-40-37)30-22-27(24-43-2)21-28(23-30)25-44-3)45-39(26)29-14-16-33(17-15-29)42(31-10-6-4-7-11-31)32-12-8-5-9-13-32/h4-23H,24-25H2,1-3H3. The minimum Gasteiger partial charge on any atom is -0.380 e. The minimum absolute atomic E-state index is 0.538. The Morgan fingerprint density at radius 3 is 1.72 bits per heavy atom. The van der Waals surface area contributed by atoms with E-state index >= 15 is 0 Å². The lowest BCUT2D eigenvalue weighted by Gasteiger charge is -2.25. The monoisotopic (exact) mass is 639 g/mol. The molecule has 0 unspecified atom stereocenters. The van der Waals surface area contributed by atoms with Crippen LogP contribution in [0.4, 0.5) is 17.1 Å². The number of ether oxygens (including phenoxy) is 2. The van der Waals surface area contributed by atoms with Crippen LogP contribution in [0.3, 0.4) is 0 Å². The van der Waals surface area contributed by atoms with Crippen molar-refractivity contribution in [3.63, 3.8) is 0 Å². The fraction of sp³-hybridized carbons (Fsp3) is 0.128. The highest BCUT2D eigenvalue weighted by Gasteiger charge is 2.18. The summed E-state index contributed by atoms with van der Waals surface area (Å²) in [6, 6.07) is 43.0. The maximum atomic E-state index is 5.44. The van der Waals surface area contributed by atoms with Gasteiger partial charge in [-0.3, -0.25) is 0 Å². The minimum atomic E-state index is 0.538. The Morgan fingerprint density at radius 1 is 0.587 bits per heavy atom. The quantitative estimate of drug-likeness (QED) is 0.149. The molecule has 0 radical (unpaired) electrons. The number of methoxy groups -OCH3 is 2. The van der Waals surface area contributed by atoms with E-state index in [1.165, 1.54) is 32.6 Å². The Balaban J connectivity index is 1.23. The van der Waals surface area contributed by atoms with Crippen LogP contribution in [0.2, 0.25) is 0 Å². The first kappa shape index (κ1) is 30.0. The number of hydrogen-bond acceptors (Lipinski definition) is 7. The van der Waals surface area contributed by atoms with Gasteiger partial charge in [-0.25, -0.2) is 0 Å². The van der Waals surface area contributed by atoms with Gasteiger partial charge in [0.15, 0.2) is 0 Å². The van der Waals surface area contributed by atoms with Crippen molar-refractivity contribution < 1.29 is 9.47 Å². The van der Waals surface area contributed by atoms with Crippen LogP contribution in [-0.2, 0) is 22.7 Å². The molecule has 228 valence electrons. The molecule has 0 saturated heterocycles. The highest BCUT2D eigenvalue weighted by atomic mass is 32.1. The summed E-state index contributed by atoms with van der Waals surface area (Å²) in [5.41, 5.74) is 13.1. The van der Waals surface area contributed by atoms with Crippen LogP contribution in [0, 0.1) is 6.92 Å². The molecule has 2 heterocycles. The molecule has 46 heavy (non-hydrogen) atoms. The summed E-state index contributed by atoms with van der Waals surface area (Å²) in [5, 5.41) is 0. The third-order valence-electron chi connectivity index (χ3n) is 8.00. The summed E-state index contributed by atoms with van der Waals surface area (Å²) in [6.45, 7) is 3.26. The molecule has 7 rings (SSSR count). The van der Waals surface area contributed by atoms with Gasteiger partial charge in [-0.1, -0.05) is 66.7 Å². The molecule has 0 fully saturated rings. The van der Waals surface area contributed by atoms with E-state index in [0.717, 1.165) is 55.9 Å². The van der Waals surface area contributed by atoms with Gasteiger partial charge >= 0.3 is 0 Å². The van der Waals surface area contributed by atoms with E-state index < -0.39 is 0 Å². The number of para-hydroxylation sites is 2. The smallest absolute Gasteiger partial charge is 0.114 e. The van der Waals surface area contributed by atoms with Crippen molar-refractivity contribution in [3.05, 3.63) is 138 Å². The zero-order valence-electron chi connectivity index (χ0n) is 25.9. The Hall–Kier alpha value is -4.66. The Kier molecular flexibility index (Phi) is 8.72. The van der Waals surface area contributed by atoms with Crippen molar-refractivity contribution >= 4 is 51.2 Å². The molecule has 2 aromatic heterocycles. The van der Waals surface area contributed by atoms with E-state index in [9.17, 15) is 0 Å². The van der Waals surface area contributed by atoms with Gasteiger partial charge in [-0.2, -0.15) is 8.75 Å². The van der Waals surface area contributed by atoms with Gasteiger partial charge in [-0.15, -0.1) is 11.3 Å². The van der Waals surface area contributed by atoms with Crippen LogP contribution in [0.1, 0.15) is 16.7 Å². The predicted octanol–water partition coefficient (Wildman–Crippen LogP) is 10.8. The van der Waals surface area contributed by atoms with Crippen LogP contribution < -0.4 is 4.90 Å². The summed E-state index contributed by atoms with van der Waals surface area (Å²) in [7, 11) is 3.44. The van der Waals surface area contributed by atoms with Crippen molar-refractivity contribution in [3.8, 4) is 32.0 Å². The van der Waals surface area contributed by atoms with Gasteiger partial charge in [0.05, 0.1) is 24.9 Å². The number of aromatic nitrogens is 2. The van der Waals surface area contributed by atoms with Gasteiger partial charge in [-0.05, 0) is 89.3 Å². The van der Waals surface area contributed by atoms with Gasteiger partial charge in [0.25, 0.3) is 0 Å². The van der Waals surface area contributed by atoms with Crippen LogP contribution in [0.5, 0.6) is 0 Å². The van der Waals surface area contributed by atoms with Crippen LogP contribution in [-0.4, -0.2) is 23.0 Å². The fourth-order valence-electron chi connectivity index (χ4n) is 5.98. The van der Waals surface area contributed by atoms with Gasteiger partial charge in [0, 0.05) is 52.2 Å². The molecular weight excluding hydrogens is 607 g/mol. The Bertz CT molecular complexity index is 2020. The zero-order valence-corrected chi connectivity index (χ0v) is 27.6. The van der Waals surface area contributed by atoms with E-state index in [4.69, 9.17) is 18.2 Å². The first-order valence-electron chi connectivity index (χ1n) is 15.1. The van der Waals surface area contributed by atoms with Gasteiger partial charge in [0.2, 0.25) is 0 Å². The number of nitrogens with zero attached hydrogens (tertiary/aromatic N) is 3. The van der Waals surface area contributed by atoms with Crippen LogP contribution in [0.25, 0.3) is 43.0 Å². The Labute approximate surface area is 277 Å². The van der Waals surface area contributed by atoms with E-state index in [2.05, 4.69) is 133 Å². The molecule has 0 spiro atoms. The summed E-state index contributed by atoms with van der Waals surface area (Å²) in [5.74, 6) is 0. The number of benzene rings is 5. The third-order valence-corrected chi connectivity index (χ3v) is 9.85. The van der Waals surface area contributed by atoms with E-state index in [0.29, 0.717) is 13.2 Å². The molecule has 0 saturated carbocycles. The van der Waals surface area contributed by atoms with Crippen molar-refractivity contribution in [1.82, 2.24) is 8.75 Å². The fourth-order valence-corrected chi connectivity index (χ4v) is 7.76. The molecule has 5 aromatic carbocycles. The molecule has 0 atom stereocenters. The molecule has 0 bridgehead atoms. The molecule has 0 aliphatic carbocycles. The number of hydrogen-bond donors (Lipinski definition) is 0. The van der Waals surface area contributed by atoms with Crippen molar-refractivity contribution in [2.45, 2.75) is 20.1 Å². The first-order valence-corrected chi connectivity index (χ1v) is 16.7. The van der Waals surface area contributed by atoms with Gasteiger partial charge in [0.1, 0.15) is 11.0 Å². The number of fused-ring (bicyclic) bond motifs is 1. The molecule has 0 aliphatic heterocycles. The second-order valence-electron chi connectivity index (χ2n) is 11.2. The summed E-state index contributed by atoms with van der Waals surface area (Å²) < 4.78 is 20.4. The number of anilines is 3. The third kappa shape index (κ3) is 5.98. The second kappa shape index (κ2) is 13.4. The largest absolute Gasteiger partial charge is 0.380 e. The number of rotatable bonds is 10. The Morgan fingerprint density at radius 2 is 1.13 bits per heavy atom. The van der Waals surface area contributed by atoms with Crippen molar-refractivity contribution in [2.24, 2.45) is 0 Å². The average Bonchev–Trinajstić information content (AvgIpc) is 3.73. The van der Waals surface area contributed by atoms with E-state index in [1.54, 1.807) is 25.6 Å².